The van der Waals surface area contributed by atoms with Gasteiger partial charge >= 0.3 is 11.9 Å². The van der Waals surface area contributed by atoms with Crippen LogP contribution in [0.2, 0.25) is 0 Å². The normalized spacial score (nSPS) is 12.2. The van der Waals surface area contributed by atoms with Gasteiger partial charge in [0, 0.05) is 0 Å². The molecular weight excluding hydrogens is 512 g/mol. The van der Waals surface area contributed by atoms with E-state index in [2.05, 4.69) is 15.3 Å². The van der Waals surface area contributed by atoms with E-state index in [0.29, 0.717) is 4.68 Å². The summed E-state index contributed by atoms with van der Waals surface area (Å²) in [7, 11) is -9.53. The van der Waals surface area contributed by atoms with Crippen LogP contribution in [-0.4, -0.2) is 63.0 Å². The molecule has 1 heterocycles. The molecular formula is C18H14N4O11S2. The fourth-order valence-corrected chi connectivity index (χ4v) is 4.09. The lowest BCUT2D eigenvalue weighted by molar-refractivity contribution is 0.0682. The summed E-state index contributed by atoms with van der Waals surface area (Å²) < 4.78 is 65.1. The zero-order valence-corrected chi connectivity index (χ0v) is 18.9. The van der Waals surface area contributed by atoms with Crippen LogP contribution in [0, 0.1) is 6.92 Å². The second-order valence-electron chi connectivity index (χ2n) is 6.85. The van der Waals surface area contributed by atoms with Crippen LogP contribution in [0.3, 0.4) is 0 Å². The predicted octanol–water partition coefficient (Wildman–Crippen LogP) is 2.19. The lowest BCUT2D eigenvalue weighted by Gasteiger charge is -2.07. The molecule has 35 heavy (non-hydrogen) atoms. The van der Waals surface area contributed by atoms with Crippen molar-refractivity contribution in [1.82, 2.24) is 9.78 Å². The van der Waals surface area contributed by atoms with Crippen LogP contribution in [0.25, 0.3) is 5.69 Å². The Hall–Kier alpha value is -4.19. The lowest BCUT2D eigenvalue weighted by atomic mass is 10.1. The van der Waals surface area contributed by atoms with E-state index in [0.717, 1.165) is 36.4 Å². The Bertz CT molecular complexity index is 1610. The summed E-state index contributed by atoms with van der Waals surface area (Å²) in [6.07, 6.45) is 0. The zero-order chi connectivity index (χ0) is 26.3. The highest BCUT2D eigenvalue weighted by Gasteiger charge is 2.26. The molecule has 0 aliphatic carbocycles. The van der Waals surface area contributed by atoms with Crippen LogP contribution < -0.4 is 0 Å². The first-order chi connectivity index (χ1) is 16.1. The maximum Gasteiger partial charge on any atom is 0.358 e. The Morgan fingerprint density at radius 1 is 0.886 bits per heavy atom. The molecule has 0 amide bonds. The van der Waals surface area contributed by atoms with E-state index in [1.54, 1.807) is 0 Å². The molecule has 3 aromatic rings. The predicted molar refractivity (Wildman–Crippen MR) is 114 cm³/mol. The van der Waals surface area contributed by atoms with E-state index < -0.39 is 70.5 Å². The number of carboxylic acids is 2. The minimum Gasteiger partial charge on any atom is -0.492 e. The SMILES string of the molecule is Cc1cc(C(=O)O)c(N=Nc2c(C(=O)O)nn(-c3ccc(S(=O)(=O)O)cc3)c2O)c(S(=O)(=O)O)c1. The average molecular weight is 526 g/mol. The monoisotopic (exact) mass is 526 g/mol. The number of rotatable bonds is 7. The van der Waals surface area contributed by atoms with Crippen molar-refractivity contribution in [2.75, 3.05) is 0 Å². The van der Waals surface area contributed by atoms with E-state index in [1.165, 1.54) is 6.92 Å². The van der Waals surface area contributed by atoms with Crippen LogP contribution in [-0.2, 0) is 20.2 Å². The Morgan fingerprint density at radius 2 is 1.46 bits per heavy atom. The molecule has 0 aliphatic rings. The smallest absolute Gasteiger partial charge is 0.358 e. The zero-order valence-electron chi connectivity index (χ0n) is 17.3. The van der Waals surface area contributed by atoms with Gasteiger partial charge < -0.3 is 15.3 Å². The van der Waals surface area contributed by atoms with Crippen LogP contribution >= 0.6 is 0 Å². The van der Waals surface area contributed by atoms with Crippen molar-refractivity contribution < 1.29 is 50.8 Å². The highest BCUT2D eigenvalue weighted by atomic mass is 32.2. The van der Waals surface area contributed by atoms with Crippen molar-refractivity contribution in [3.05, 3.63) is 53.2 Å². The third kappa shape index (κ3) is 5.17. The number of aromatic nitrogens is 2. The highest BCUT2D eigenvalue weighted by molar-refractivity contribution is 7.86. The van der Waals surface area contributed by atoms with E-state index >= 15 is 0 Å². The van der Waals surface area contributed by atoms with E-state index in [-0.39, 0.29) is 11.3 Å². The number of aryl methyl sites for hydroxylation is 1. The van der Waals surface area contributed by atoms with Gasteiger partial charge in [-0.1, -0.05) is 0 Å². The number of carboxylic acid groups (broad SMARTS) is 2. The van der Waals surface area contributed by atoms with E-state index in [4.69, 9.17) is 4.55 Å². The standard InChI is InChI=1S/C18H14N4O11S2/c1-8-6-11(17(24)25)13(12(7-8)35(31,32)33)19-20-14-15(18(26)27)21-22(16(14)23)9-2-4-10(5-3-9)34(28,29)30/h2-7,23H,1H3,(H,24,25)(H,26,27)(H,28,29,30)(H,31,32,33). The van der Waals surface area contributed by atoms with Crippen LogP contribution in [0.5, 0.6) is 5.88 Å². The second-order valence-corrected chi connectivity index (χ2v) is 9.66. The Labute approximate surface area is 196 Å². The summed E-state index contributed by atoms with van der Waals surface area (Å²) in [6, 6.07) is 5.97. The summed E-state index contributed by atoms with van der Waals surface area (Å²) in [5, 5.41) is 39.9. The quantitative estimate of drug-likeness (QED) is 0.219. The molecule has 0 atom stereocenters. The highest BCUT2D eigenvalue weighted by Crippen LogP contribution is 2.37. The number of aromatic hydroxyl groups is 1. The van der Waals surface area contributed by atoms with Gasteiger partial charge in [-0.25, -0.2) is 9.59 Å². The summed E-state index contributed by atoms with van der Waals surface area (Å²) in [4.78, 5) is 21.8. The molecule has 0 saturated carbocycles. The van der Waals surface area contributed by atoms with Gasteiger partial charge in [-0.2, -0.15) is 26.6 Å². The van der Waals surface area contributed by atoms with Crippen molar-refractivity contribution in [2.24, 2.45) is 10.2 Å². The van der Waals surface area contributed by atoms with Crippen LogP contribution in [0.15, 0.2) is 56.4 Å². The molecule has 0 unspecified atom stereocenters. The van der Waals surface area contributed by atoms with Crippen molar-refractivity contribution in [3.8, 4) is 11.6 Å². The van der Waals surface area contributed by atoms with Crippen molar-refractivity contribution in [2.45, 2.75) is 16.7 Å². The minimum atomic E-state index is -4.99. The summed E-state index contributed by atoms with van der Waals surface area (Å²) in [5.74, 6) is -4.28. The lowest BCUT2D eigenvalue weighted by Crippen LogP contribution is -2.05. The maximum absolute atomic E-state index is 11.8. The van der Waals surface area contributed by atoms with Gasteiger partial charge in [0.05, 0.1) is 16.1 Å². The summed E-state index contributed by atoms with van der Waals surface area (Å²) >= 11 is 0. The topological polar surface area (TPSA) is 246 Å². The molecule has 5 N–H and O–H groups in total. The number of carbonyl (C=O) groups is 2. The van der Waals surface area contributed by atoms with Gasteiger partial charge in [-0.05, 0) is 48.9 Å². The van der Waals surface area contributed by atoms with Gasteiger partial charge in [-0.15, -0.1) is 10.2 Å². The number of nitrogens with zero attached hydrogens (tertiary/aromatic N) is 4. The van der Waals surface area contributed by atoms with E-state index in [9.17, 15) is 46.3 Å². The first-order valence-electron chi connectivity index (χ1n) is 9.01. The van der Waals surface area contributed by atoms with Crippen LogP contribution in [0.4, 0.5) is 11.4 Å². The first kappa shape index (κ1) is 25.4. The second kappa shape index (κ2) is 8.87. The molecule has 0 spiro atoms. The fourth-order valence-electron chi connectivity index (χ4n) is 2.88. The summed E-state index contributed by atoms with van der Waals surface area (Å²) in [5.41, 5.74) is -3.15. The molecule has 17 heteroatoms. The van der Waals surface area contributed by atoms with Gasteiger partial charge in [0.1, 0.15) is 10.6 Å². The third-order valence-electron chi connectivity index (χ3n) is 4.40. The first-order valence-corrected chi connectivity index (χ1v) is 11.9. The number of aromatic carboxylic acids is 2. The molecule has 0 bridgehead atoms. The van der Waals surface area contributed by atoms with Gasteiger partial charge in [0.15, 0.2) is 5.69 Å². The average Bonchev–Trinajstić information content (AvgIpc) is 3.07. The molecule has 0 saturated heterocycles. The summed E-state index contributed by atoms with van der Waals surface area (Å²) in [6.45, 7) is 1.35. The number of hydrogen-bond donors (Lipinski definition) is 5. The van der Waals surface area contributed by atoms with Crippen molar-refractivity contribution >= 4 is 43.5 Å². The number of hydrogen-bond acceptors (Lipinski definition) is 10. The van der Waals surface area contributed by atoms with Gasteiger partial charge in [0.2, 0.25) is 11.6 Å². The molecule has 2 aromatic carbocycles. The maximum atomic E-state index is 11.8. The molecule has 184 valence electrons. The molecule has 0 radical (unpaired) electrons. The number of azo groups is 1. The largest absolute Gasteiger partial charge is 0.492 e. The minimum absolute atomic E-state index is 0.0703. The van der Waals surface area contributed by atoms with Crippen LogP contribution in [0.1, 0.15) is 26.4 Å². The molecule has 1 aromatic heterocycles. The molecule has 15 nitrogen and oxygen atoms in total. The van der Waals surface area contributed by atoms with Gasteiger partial charge in [0.25, 0.3) is 20.2 Å². The molecule has 3 rings (SSSR count). The Morgan fingerprint density at radius 3 is 1.94 bits per heavy atom. The third-order valence-corrected chi connectivity index (χ3v) is 6.13. The Balaban J connectivity index is 2.21. The Kier molecular flexibility index (Phi) is 6.45. The van der Waals surface area contributed by atoms with Gasteiger partial charge in [-0.3, -0.25) is 9.11 Å². The van der Waals surface area contributed by atoms with Crippen molar-refractivity contribution in [1.29, 1.82) is 0 Å². The fraction of sp³-hybridized carbons (Fsp3) is 0.0556. The molecule has 0 fully saturated rings. The van der Waals surface area contributed by atoms with Crippen molar-refractivity contribution in [3.63, 3.8) is 0 Å². The van der Waals surface area contributed by atoms with E-state index in [1.807, 2.05) is 0 Å². The molecule has 0 aliphatic heterocycles. The number of benzene rings is 2.